The molecule has 0 radical (unpaired) electrons. The van der Waals surface area contributed by atoms with Crippen LogP contribution >= 0.6 is 34.4 Å². The molecule has 2 aromatic carbocycles. The maximum Gasteiger partial charge on any atom is 0.345 e. The number of hydrogen-bond acceptors (Lipinski definition) is 6. The second-order valence-electron chi connectivity index (χ2n) is 8.17. The second-order valence-corrected chi connectivity index (χ2v) is 11.0. The van der Waals surface area contributed by atoms with Crippen LogP contribution in [0.5, 0.6) is 0 Å². The zero-order chi connectivity index (χ0) is 23.9. The molecule has 1 fully saturated rings. The molecule has 1 unspecified atom stereocenters. The molecule has 1 saturated heterocycles. The fourth-order valence-electron chi connectivity index (χ4n) is 3.88. The molecule has 180 valence electrons. The average molecular weight is 593 g/mol. The molecule has 0 spiro atoms. The van der Waals surface area contributed by atoms with E-state index < -0.39 is 11.2 Å². The number of hydrogen-bond donors (Lipinski definition) is 1. The lowest BCUT2D eigenvalue weighted by Gasteiger charge is -2.22. The minimum Gasteiger partial charge on any atom is -0.376 e. The third-order valence-electron chi connectivity index (χ3n) is 5.59. The predicted octanol–water partition coefficient (Wildman–Crippen LogP) is 4.10. The van der Waals surface area contributed by atoms with Crippen molar-refractivity contribution in [3.8, 4) is 0 Å². The van der Waals surface area contributed by atoms with Gasteiger partial charge in [-0.2, -0.15) is 5.10 Å². The number of rotatable bonds is 10. The van der Waals surface area contributed by atoms with Crippen LogP contribution in [-0.4, -0.2) is 36.6 Å². The minimum atomic E-state index is -0.489. The molecule has 1 N–H and O–H groups in total. The van der Waals surface area contributed by atoms with Crippen molar-refractivity contribution in [2.45, 2.75) is 53.6 Å². The summed E-state index contributed by atoms with van der Waals surface area (Å²) in [4.78, 5) is 27.3. The number of nitrogens with one attached hydrogen (secondary N) is 1. The highest BCUT2D eigenvalue weighted by Crippen LogP contribution is 2.46. The van der Waals surface area contributed by atoms with Crippen LogP contribution < -0.4 is 11.2 Å². The van der Waals surface area contributed by atoms with Gasteiger partial charge in [-0.05, 0) is 17.5 Å². The highest BCUT2D eigenvalue weighted by molar-refractivity contribution is 14.1. The van der Waals surface area contributed by atoms with Gasteiger partial charge in [-0.15, -0.1) is 11.8 Å². The molecule has 7 nitrogen and oxygen atoms in total. The number of ether oxygens (including phenoxy) is 2. The molecule has 0 bridgehead atoms. The van der Waals surface area contributed by atoms with Gasteiger partial charge in [-0.25, -0.2) is 9.48 Å². The van der Waals surface area contributed by atoms with E-state index in [0.717, 1.165) is 17.5 Å². The number of alkyl halides is 1. The monoisotopic (exact) mass is 593 g/mol. The first-order valence-electron chi connectivity index (χ1n) is 11.4. The summed E-state index contributed by atoms with van der Waals surface area (Å²) >= 11 is 3.96. The van der Waals surface area contributed by atoms with E-state index in [4.69, 9.17) is 9.47 Å². The van der Waals surface area contributed by atoms with Crippen molar-refractivity contribution in [1.29, 1.82) is 0 Å². The summed E-state index contributed by atoms with van der Waals surface area (Å²) in [5, 5.41) is 4.18. The summed E-state index contributed by atoms with van der Waals surface area (Å²) in [6.07, 6.45) is 1.15. The normalized spacial score (nSPS) is 22.2. The Morgan fingerprint density at radius 2 is 1.68 bits per heavy atom. The zero-order valence-corrected chi connectivity index (χ0v) is 21.9. The highest BCUT2D eigenvalue weighted by Gasteiger charge is 2.45. The van der Waals surface area contributed by atoms with Crippen molar-refractivity contribution in [1.82, 2.24) is 14.8 Å². The van der Waals surface area contributed by atoms with Crippen molar-refractivity contribution >= 4 is 34.4 Å². The fraction of sp³-hybridized carbons (Fsp3) is 0.400. The van der Waals surface area contributed by atoms with Crippen molar-refractivity contribution in [3.05, 3.63) is 98.3 Å². The first-order chi connectivity index (χ1) is 16.6. The number of nitrogens with zero attached hydrogens (tertiary/aromatic N) is 2. The highest BCUT2D eigenvalue weighted by atomic mass is 127. The van der Waals surface area contributed by atoms with Crippen molar-refractivity contribution < 1.29 is 9.47 Å². The van der Waals surface area contributed by atoms with Gasteiger partial charge in [0.05, 0.1) is 35.1 Å². The molecule has 2 heterocycles. The van der Waals surface area contributed by atoms with Crippen LogP contribution in [0.15, 0.2) is 70.3 Å². The Kier molecular flexibility index (Phi) is 8.98. The van der Waals surface area contributed by atoms with Crippen molar-refractivity contribution in [3.63, 3.8) is 0 Å². The van der Waals surface area contributed by atoms with E-state index in [1.165, 1.54) is 4.68 Å². The average Bonchev–Trinajstić information content (AvgIpc) is 3.15. The fourth-order valence-corrected chi connectivity index (χ4v) is 7.18. The van der Waals surface area contributed by atoms with Crippen molar-refractivity contribution in [2.24, 2.45) is 0 Å². The summed E-state index contributed by atoms with van der Waals surface area (Å²) in [6.45, 7) is 3.45. The van der Waals surface area contributed by atoms with E-state index in [2.05, 4.69) is 32.7 Å². The number of aryl methyl sites for hydroxylation is 1. The number of aromatic amines is 1. The summed E-state index contributed by atoms with van der Waals surface area (Å²) in [7, 11) is 0. The number of aromatic nitrogens is 3. The molecule has 0 amide bonds. The minimum absolute atomic E-state index is 0.00887. The predicted molar refractivity (Wildman–Crippen MR) is 142 cm³/mol. The molecule has 4 atom stereocenters. The lowest BCUT2D eigenvalue weighted by molar-refractivity contribution is 0.0186. The molecule has 3 aromatic rings. The first kappa shape index (κ1) is 25.2. The molecule has 0 saturated carbocycles. The summed E-state index contributed by atoms with van der Waals surface area (Å²) in [5.74, 6) is 0. The summed E-state index contributed by atoms with van der Waals surface area (Å²) in [6, 6.07) is 20.1. The third kappa shape index (κ3) is 6.18. The Labute approximate surface area is 216 Å². The van der Waals surface area contributed by atoms with Crippen LogP contribution in [0.4, 0.5) is 0 Å². The van der Waals surface area contributed by atoms with E-state index in [9.17, 15) is 9.59 Å². The molecule has 1 aliphatic rings. The topological polar surface area (TPSA) is 86.2 Å². The van der Waals surface area contributed by atoms with Gasteiger partial charge in [-0.3, -0.25) is 9.78 Å². The Balaban J connectivity index is 1.53. The SMILES string of the molecule is CCCc1nn(C2S[C@H](COCc3ccccc3)[C@@H](OCc3ccccc3)[C@H]2I)c(=O)[nH]c1=O. The molecule has 34 heavy (non-hydrogen) atoms. The molecule has 4 rings (SSSR count). The number of halogens is 1. The van der Waals surface area contributed by atoms with Gasteiger partial charge in [0.1, 0.15) is 11.1 Å². The smallest absolute Gasteiger partial charge is 0.345 e. The Bertz CT molecular complexity index is 1170. The molecule has 1 aliphatic heterocycles. The van der Waals surface area contributed by atoms with Gasteiger partial charge in [0.2, 0.25) is 0 Å². The van der Waals surface area contributed by atoms with Crippen LogP contribution in [0.3, 0.4) is 0 Å². The second kappa shape index (κ2) is 12.1. The van der Waals surface area contributed by atoms with Gasteiger partial charge in [0.25, 0.3) is 5.56 Å². The van der Waals surface area contributed by atoms with Crippen molar-refractivity contribution in [2.75, 3.05) is 6.61 Å². The van der Waals surface area contributed by atoms with Crippen LogP contribution in [-0.2, 0) is 29.1 Å². The molecule has 9 heteroatoms. The summed E-state index contributed by atoms with van der Waals surface area (Å²) < 4.78 is 13.8. The van der Waals surface area contributed by atoms with Gasteiger partial charge in [-0.1, -0.05) is 96.6 Å². The summed E-state index contributed by atoms with van der Waals surface area (Å²) in [5.41, 5.74) is 1.69. The molecule has 0 aliphatic carbocycles. The largest absolute Gasteiger partial charge is 0.376 e. The molecular weight excluding hydrogens is 565 g/mol. The van der Waals surface area contributed by atoms with Crippen LogP contribution in [0.25, 0.3) is 0 Å². The zero-order valence-electron chi connectivity index (χ0n) is 18.9. The van der Waals surface area contributed by atoms with E-state index >= 15 is 0 Å². The van der Waals surface area contributed by atoms with Crippen LogP contribution in [0, 0.1) is 0 Å². The van der Waals surface area contributed by atoms with E-state index in [-0.39, 0.29) is 20.7 Å². The van der Waals surface area contributed by atoms with Gasteiger partial charge < -0.3 is 9.47 Å². The third-order valence-corrected chi connectivity index (χ3v) is 9.00. The molecular formula is C25H28IN3O4S. The molecule has 1 aromatic heterocycles. The van der Waals surface area contributed by atoms with Gasteiger partial charge in [0, 0.05) is 0 Å². The Morgan fingerprint density at radius 1 is 1.03 bits per heavy atom. The first-order valence-corrected chi connectivity index (χ1v) is 13.5. The van der Waals surface area contributed by atoms with E-state index in [0.29, 0.717) is 31.9 Å². The maximum absolute atomic E-state index is 12.7. The van der Waals surface area contributed by atoms with E-state index in [1.54, 1.807) is 11.8 Å². The number of thioether (sulfide) groups is 1. The number of H-pyrrole nitrogens is 1. The van der Waals surface area contributed by atoms with E-state index in [1.807, 2.05) is 67.6 Å². The van der Waals surface area contributed by atoms with Crippen LogP contribution in [0.1, 0.15) is 35.5 Å². The lowest BCUT2D eigenvalue weighted by atomic mass is 10.1. The maximum atomic E-state index is 12.7. The standard InChI is InChI=1S/C25H28IN3O4S/c1-2-9-19-23(30)27-25(31)29(28-19)24-21(26)22(33-15-18-12-7-4-8-13-18)20(34-24)16-32-14-17-10-5-3-6-11-17/h3-8,10-13,20-22,24H,2,9,14-16H2,1H3,(H,27,30,31)/t20-,21-,22-,24?/m1/s1. The quantitative estimate of drug-likeness (QED) is 0.282. The Hall–Kier alpha value is -1.95. The van der Waals surface area contributed by atoms with Gasteiger partial charge in [0.15, 0.2) is 0 Å². The van der Waals surface area contributed by atoms with Gasteiger partial charge >= 0.3 is 5.69 Å². The number of benzene rings is 2. The lowest BCUT2D eigenvalue weighted by Crippen LogP contribution is -2.39. The Morgan fingerprint density at radius 3 is 2.32 bits per heavy atom. The van der Waals surface area contributed by atoms with Crippen LogP contribution in [0.2, 0.25) is 0 Å².